The minimum absolute atomic E-state index is 0.0953. The van der Waals surface area contributed by atoms with Crippen molar-refractivity contribution in [1.82, 2.24) is 4.98 Å². The van der Waals surface area contributed by atoms with Crippen molar-refractivity contribution in [3.05, 3.63) is 22.3 Å². The number of rotatable bonds is 2. The normalized spacial score (nSPS) is 11.6. The number of nitrogens with zero attached hydrogens (tertiary/aromatic N) is 2. The summed E-state index contributed by atoms with van der Waals surface area (Å²) in [5.74, 6) is 1.03. The van der Waals surface area contributed by atoms with Gasteiger partial charge in [-0.1, -0.05) is 0 Å². The van der Waals surface area contributed by atoms with Crippen molar-refractivity contribution >= 4 is 21.7 Å². The van der Waals surface area contributed by atoms with E-state index in [1.807, 2.05) is 12.3 Å². The van der Waals surface area contributed by atoms with Crippen LogP contribution in [0.2, 0.25) is 0 Å². The van der Waals surface area contributed by atoms with Gasteiger partial charge in [0.05, 0.1) is 4.47 Å². The van der Waals surface area contributed by atoms with Gasteiger partial charge in [-0.05, 0) is 62.2 Å². The van der Waals surface area contributed by atoms with Crippen molar-refractivity contribution in [2.75, 3.05) is 11.4 Å². The molecule has 0 aliphatic rings. The predicted octanol–water partition coefficient (Wildman–Crippen LogP) is 3.78. The van der Waals surface area contributed by atoms with Crippen LogP contribution >= 0.6 is 15.9 Å². The van der Waals surface area contributed by atoms with Gasteiger partial charge in [0.25, 0.3) is 0 Å². The number of aryl methyl sites for hydroxylation is 1. The molecule has 1 aromatic rings. The van der Waals surface area contributed by atoms with Crippen molar-refractivity contribution in [2.24, 2.45) is 0 Å². The summed E-state index contributed by atoms with van der Waals surface area (Å²) in [6, 6.07) is 2.02. The van der Waals surface area contributed by atoms with Gasteiger partial charge in [0.2, 0.25) is 0 Å². The lowest BCUT2D eigenvalue weighted by molar-refractivity contribution is 0.507. The van der Waals surface area contributed by atoms with Crippen molar-refractivity contribution in [1.29, 1.82) is 0 Å². The zero-order valence-electron chi connectivity index (χ0n) is 10.1. The third-order valence-electron chi connectivity index (χ3n) is 2.45. The van der Waals surface area contributed by atoms with Gasteiger partial charge in [-0.3, -0.25) is 0 Å². The molecule has 0 saturated carbocycles. The van der Waals surface area contributed by atoms with Crippen LogP contribution in [0.4, 0.5) is 5.82 Å². The van der Waals surface area contributed by atoms with Crippen LogP contribution in [-0.2, 0) is 0 Å². The summed E-state index contributed by atoms with van der Waals surface area (Å²) in [5, 5.41) is 0. The number of anilines is 1. The van der Waals surface area contributed by atoms with Crippen LogP contribution in [-0.4, -0.2) is 17.1 Å². The third-order valence-corrected chi connectivity index (χ3v) is 3.43. The molecule has 1 aromatic heterocycles. The van der Waals surface area contributed by atoms with Gasteiger partial charge >= 0.3 is 0 Å². The highest BCUT2D eigenvalue weighted by molar-refractivity contribution is 9.10. The van der Waals surface area contributed by atoms with E-state index in [4.69, 9.17) is 0 Å². The zero-order valence-corrected chi connectivity index (χ0v) is 11.7. The van der Waals surface area contributed by atoms with Crippen LogP contribution in [0.1, 0.15) is 33.3 Å². The molecule has 0 bridgehead atoms. The lowest BCUT2D eigenvalue weighted by Gasteiger charge is -2.36. The molecule has 0 unspecified atom stereocenters. The van der Waals surface area contributed by atoms with Crippen molar-refractivity contribution in [3.8, 4) is 0 Å². The highest BCUT2D eigenvalue weighted by Gasteiger charge is 2.23. The first-order valence-corrected chi connectivity index (χ1v) is 6.06. The summed E-state index contributed by atoms with van der Waals surface area (Å²) in [6.07, 6.45) is 1.86. The maximum Gasteiger partial charge on any atom is 0.143 e. The van der Waals surface area contributed by atoms with Gasteiger partial charge in [-0.15, -0.1) is 0 Å². The molecule has 0 atom stereocenters. The van der Waals surface area contributed by atoms with E-state index in [1.54, 1.807) is 0 Å². The monoisotopic (exact) mass is 270 g/mol. The second kappa shape index (κ2) is 4.52. The topological polar surface area (TPSA) is 16.1 Å². The molecule has 0 fully saturated rings. The van der Waals surface area contributed by atoms with Gasteiger partial charge in [0.15, 0.2) is 0 Å². The fraction of sp³-hybridized carbons (Fsp3) is 0.583. The van der Waals surface area contributed by atoms with Crippen LogP contribution in [0.3, 0.4) is 0 Å². The molecule has 3 heteroatoms. The molecule has 0 aliphatic heterocycles. The lowest BCUT2D eigenvalue weighted by Crippen LogP contribution is -2.42. The molecular formula is C12H19BrN2. The molecule has 15 heavy (non-hydrogen) atoms. The standard InChI is InChI=1S/C12H19BrN2/c1-6-15(12(3,4)5)11-10(13)9(2)7-8-14-11/h7-8H,6H2,1-5H3. The molecule has 0 aromatic carbocycles. The quantitative estimate of drug-likeness (QED) is 0.813. The van der Waals surface area contributed by atoms with Crippen LogP contribution in [0.25, 0.3) is 0 Å². The van der Waals surface area contributed by atoms with Crippen LogP contribution < -0.4 is 4.90 Å². The Morgan fingerprint density at radius 1 is 1.40 bits per heavy atom. The smallest absolute Gasteiger partial charge is 0.143 e. The average Bonchev–Trinajstić information content (AvgIpc) is 2.11. The molecular weight excluding hydrogens is 252 g/mol. The molecule has 1 heterocycles. The van der Waals surface area contributed by atoms with E-state index in [0.29, 0.717) is 0 Å². The average molecular weight is 271 g/mol. The minimum Gasteiger partial charge on any atom is -0.351 e. The number of aromatic nitrogens is 1. The molecule has 0 spiro atoms. The Hall–Kier alpha value is -0.570. The molecule has 0 N–H and O–H groups in total. The molecule has 1 rings (SSSR count). The highest BCUT2D eigenvalue weighted by Crippen LogP contribution is 2.30. The Labute approximate surface area is 101 Å². The van der Waals surface area contributed by atoms with E-state index in [9.17, 15) is 0 Å². The Bertz CT molecular complexity index is 342. The first kappa shape index (κ1) is 12.5. The minimum atomic E-state index is 0.0953. The van der Waals surface area contributed by atoms with E-state index >= 15 is 0 Å². The first-order valence-electron chi connectivity index (χ1n) is 5.26. The Morgan fingerprint density at radius 3 is 2.47 bits per heavy atom. The van der Waals surface area contributed by atoms with Gasteiger partial charge < -0.3 is 4.90 Å². The molecule has 0 saturated heterocycles. The Kier molecular flexibility index (Phi) is 3.77. The summed E-state index contributed by atoms with van der Waals surface area (Å²) in [4.78, 5) is 6.75. The highest BCUT2D eigenvalue weighted by atomic mass is 79.9. The second-order valence-electron chi connectivity index (χ2n) is 4.68. The Balaban J connectivity index is 3.19. The molecule has 0 amide bonds. The zero-order chi connectivity index (χ0) is 11.6. The second-order valence-corrected chi connectivity index (χ2v) is 5.47. The third kappa shape index (κ3) is 2.71. The first-order chi connectivity index (χ1) is 6.88. The fourth-order valence-corrected chi connectivity index (χ4v) is 2.10. The molecule has 84 valence electrons. The summed E-state index contributed by atoms with van der Waals surface area (Å²) < 4.78 is 1.10. The number of hydrogen-bond donors (Lipinski definition) is 0. The summed E-state index contributed by atoms with van der Waals surface area (Å²) >= 11 is 3.61. The van der Waals surface area contributed by atoms with Gasteiger partial charge in [-0.2, -0.15) is 0 Å². The van der Waals surface area contributed by atoms with E-state index in [-0.39, 0.29) is 5.54 Å². The lowest BCUT2D eigenvalue weighted by atomic mass is 10.1. The Morgan fingerprint density at radius 2 is 2.00 bits per heavy atom. The molecule has 2 nitrogen and oxygen atoms in total. The van der Waals surface area contributed by atoms with E-state index in [0.717, 1.165) is 16.8 Å². The van der Waals surface area contributed by atoms with E-state index < -0.39 is 0 Å². The summed E-state index contributed by atoms with van der Waals surface area (Å²) in [5.41, 5.74) is 1.32. The summed E-state index contributed by atoms with van der Waals surface area (Å²) in [7, 11) is 0. The van der Waals surface area contributed by atoms with Crippen molar-refractivity contribution in [2.45, 2.75) is 40.2 Å². The summed E-state index contributed by atoms with van der Waals surface area (Å²) in [6.45, 7) is 11.8. The molecule has 0 aliphatic carbocycles. The SMILES string of the molecule is CCN(c1nccc(C)c1Br)C(C)(C)C. The van der Waals surface area contributed by atoms with Crippen molar-refractivity contribution < 1.29 is 0 Å². The van der Waals surface area contributed by atoms with E-state index in [2.05, 4.69) is 60.4 Å². The number of halogens is 1. The number of pyridine rings is 1. The number of hydrogen-bond acceptors (Lipinski definition) is 2. The fourth-order valence-electron chi connectivity index (χ4n) is 1.66. The van der Waals surface area contributed by atoms with Crippen LogP contribution in [0.5, 0.6) is 0 Å². The van der Waals surface area contributed by atoms with Crippen LogP contribution in [0, 0.1) is 6.92 Å². The maximum absolute atomic E-state index is 4.46. The largest absolute Gasteiger partial charge is 0.351 e. The maximum atomic E-state index is 4.46. The van der Waals surface area contributed by atoms with E-state index in [1.165, 1.54) is 5.56 Å². The van der Waals surface area contributed by atoms with Crippen LogP contribution in [0.15, 0.2) is 16.7 Å². The van der Waals surface area contributed by atoms with Gasteiger partial charge in [-0.25, -0.2) is 4.98 Å². The molecule has 0 radical (unpaired) electrons. The predicted molar refractivity (Wildman–Crippen MR) is 69.4 cm³/mol. The van der Waals surface area contributed by atoms with Gasteiger partial charge in [0.1, 0.15) is 5.82 Å². The van der Waals surface area contributed by atoms with Gasteiger partial charge in [0, 0.05) is 18.3 Å². The van der Waals surface area contributed by atoms with Crippen molar-refractivity contribution in [3.63, 3.8) is 0 Å².